The van der Waals surface area contributed by atoms with Gasteiger partial charge in [0.15, 0.2) is 5.11 Å². The lowest BCUT2D eigenvalue weighted by Gasteiger charge is -2.31. The predicted molar refractivity (Wildman–Crippen MR) is 118 cm³/mol. The molecule has 0 saturated carbocycles. The van der Waals surface area contributed by atoms with E-state index in [1.165, 1.54) is 12.1 Å². The Hall–Kier alpha value is -1.93. The normalized spacial score (nSPS) is 14.4. The number of halogens is 2. The monoisotopic (exact) mass is 437 g/mol. The lowest BCUT2D eigenvalue weighted by atomic mass is 10.2. The molecule has 3 rings (SSSR count). The molecule has 0 atom stereocenters. The van der Waals surface area contributed by atoms with Gasteiger partial charge in [-0.15, -0.1) is 0 Å². The van der Waals surface area contributed by atoms with Crippen LogP contribution in [0.15, 0.2) is 42.5 Å². The molecule has 2 aromatic carbocycles. The largest absolute Gasteiger partial charge is 0.495 e. The topological polar surface area (TPSA) is 37.0 Å². The van der Waals surface area contributed by atoms with E-state index < -0.39 is 0 Å². The summed E-state index contributed by atoms with van der Waals surface area (Å²) in [6.07, 6.45) is 0. The van der Waals surface area contributed by atoms with Gasteiger partial charge in [-0.1, -0.05) is 23.7 Å². The Labute approximate surface area is 181 Å². The first-order chi connectivity index (χ1) is 14.0. The smallest absolute Gasteiger partial charge is 0.173 e. The van der Waals surface area contributed by atoms with E-state index in [0.717, 1.165) is 50.6 Å². The van der Waals surface area contributed by atoms with E-state index in [1.807, 2.05) is 12.1 Å². The van der Waals surface area contributed by atoms with Gasteiger partial charge in [-0.3, -0.25) is 4.90 Å². The molecule has 8 heteroatoms. The third-order valence-electron chi connectivity index (χ3n) is 4.77. The number of nitrogens with one attached hydrogen (secondary N) is 1. The van der Waals surface area contributed by atoms with Gasteiger partial charge < -0.3 is 19.7 Å². The van der Waals surface area contributed by atoms with Crippen molar-refractivity contribution in [2.45, 2.75) is 6.54 Å². The molecule has 1 heterocycles. The van der Waals surface area contributed by atoms with Crippen LogP contribution in [0.3, 0.4) is 0 Å². The number of methoxy groups -OCH3 is 1. The second-order valence-electron chi connectivity index (χ2n) is 6.78. The van der Waals surface area contributed by atoms with E-state index in [0.29, 0.717) is 22.4 Å². The molecule has 0 unspecified atom stereocenters. The van der Waals surface area contributed by atoms with Crippen molar-refractivity contribution >= 4 is 34.6 Å². The van der Waals surface area contributed by atoms with Crippen molar-refractivity contribution in [3.63, 3.8) is 0 Å². The average molecular weight is 438 g/mol. The van der Waals surface area contributed by atoms with Gasteiger partial charge in [0.25, 0.3) is 0 Å². The van der Waals surface area contributed by atoms with Gasteiger partial charge >= 0.3 is 0 Å². The number of nitrogens with zero attached hydrogens (tertiary/aromatic N) is 2. The van der Waals surface area contributed by atoms with Crippen molar-refractivity contribution in [1.82, 2.24) is 9.80 Å². The van der Waals surface area contributed by atoms with Gasteiger partial charge in [-0.25, -0.2) is 4.39 Å². The number of hydrogen-bond acceptors (Lipinski definition) is 4. The van der Waals surface area contributed by atoms with Crippen LogP contribution < -0.4 is 10.1 Å². The van der Waals surface area contributed by atoms with Crippen LogP contribution in [-0.4, -0.2) is 61.4 Å². The summed E-state index contributed by atoms with van der Waals surface area (Å²) in [6.45, 7) is 5.54. The van der Waals surface area contributed by atoms with Crippen LogP contribution >= 0.6 is 23.8 Å². The quantitative estimate of drug-likeness (QED) is 0.659. The summed E-state index contributed by atoms with van der Waals surface area (Å²) in [7, 11) is 1.58. The molecule has 156 valence electrons. The molecule has 1 saturated heterocycles. The summed E-state index contributed by atoms with van der Waals surface area (Å²) in [5.41, 5.74) is 1.79. The van der Waals surface area contributed by atoms with E-state index in [-0.39, 0.29) is 5.82 Å². The minimum absolute atomic E-state index is 0.248. The molecule has 0 spiro atoms. The SMILES string of the molecule is COc1cc(NC(=S)N(CCN2CCOCC2)Cc2ccc(F)cc2)ccc1Cl. The Morgan fingerprint density at radius 2 is 1.97 bits per heavy atom. The standard InChI is InChI=1S/C21H25ClFN3O2S/c1-27-20-14-18(6-7-19(20)22)24-21(29)26(9-8-25-10-12-28-13-11-25)15-16-2-4-17(23)5-3-16/h2-7,14H,8-13,15H2,1H3,(H,24,29). The van der Waals surface area contributed by atoms with E-state index in [2.05, 4.69) is 15.1 Å². The number of morpholine rings is 1. The van der Waals surface area contributed by atoms with Gasteiger partial charge in [0.2, 0.25) is 0 Å². The van der Waals surface area contributed by atoms with E-state index in [9.17, 15) is 4.39 Å². The molecule has 1 N–H and O–H groups in total. The highest BCUT2D eigenvalue weighted by Gasteiger charge is 2.16. The summed E-state index contributed by atoms with van der Waals surface area (Å²) in [6, 6.07) is 11.9. The molecule has 0 radical (unpaired) electrons. The molecule has 2 aromatic rings. The molecular formula is C21H25ClFN3O2S. The van der Waals surface area contributed by atoms with E-state index in [4.69, 9.17) is 33.3 Å². The van der Waals surface area contributed by atoms with Gasteiger partial charge in [-0.2, -0.15) is 0 Å². The van der Waals surface area contributed by atoms with Gasteiger partial charge in [-0.05, 0) is 42.0 Å². The molecule has 5 nitrogen and oxygen atoms in total. The van der Waals surface area contributed by atoms with Crippen LogP contribution in [0.5, 0.6) is 5.75 Å². The number of rotatable bonds is 7. The van der Waals surface area contributed by atoms with Crippen molar-refractivity contribution in [3.05, 3.63) is 58.9 Å². The molecule has 0 aromatic heterocycles. The highest BCUT2D eigenvalue weighted by atomic mass is 35.5. The number of thiocarbonyl (C=S) groups is 1. The highest BCUT2D eigenvalue weighted by molar-refractivity contribution is 7.80. The maximum Gasteiger partial charge on any atom is 0.173 e. The lowest BCUT2D eigenvalue weighted by Crippen LogP contribution is -2.43. The molecule has 0 aliphatic carbocycles. The molecule has 1 aliphatic heterocycles. The van der Waals surface area contributed by atoms with Gasteiger partial charge in [0.05, 0.1) is 25.3 Å². The Morgan fingerprint density at radius 1 is 1.24 bits per heavy atom. The second-order valence-corrected chi connectivity index (χ2v) is 7.58. The Balaban J connectivity index is 1.69. The van der Waals surface area contributed by atoms with Crippen LogP contribution in [0.4, 0.5) is 10.1 Å². The maximum absolute atomic E-state index is 13.3. The molecule has 29 heavy (non-hydrogen) atoms. The summed E-state index contributed by atoms with van der Waals surface area (Å²) in [4.78, 5) is 4.44. The van der Waals surface area contributed by atoms with Crippen molar-refractivity contribution in [2.24, 2.45) is 0 Å². The molecule has 0 amide bonds. The number of hydrogen-bond donors (Lipinski definition) is 1. The van der Waals surface area contributed by atoms with Crippen LogP contribution in [-0.2, 0) is 11.3 Å². The van der Waals surface area contributed by atoms with Crippen molar-refractivity contribution in [2.75, 3.05) is 51.8 Å². The van der Waals surface area contributed by atoms with Crippen molar-refractivity contribution in [1.29, 1.82) is 0 Å². The fraction of sp³-hybridized carbons (Fsp3) is 0.381. The fourth-order valence-corrected chi connectivity index (χ4v) is 3.56. The minimum Gasteiger partial charge on any atom is -0.495 e. The minimum atomic E-state index is -0.248. The Morgan fingerprint density at radius 3 is 2.66 bits per heavy atom. The van der Waals surface area contributed by atoms with Crippen LogP contribution in [0, 0.1) is 5.82 Å². The van der Waals surface area contributed by atoms with Gasteiger partial charge in [0, 0.05) is 44.5 Å². The zero-order valence-electron chi connectivity index (χ0n) is 16.4. The van der Waals surface area contributed by atoms with E-state index in [1.54, 1.807) is 25.3 Å². The van der Waals surface area contributed by atoms with Gasteiger partial charge in [0.1, 0.15) is 11.6 Å². The highest BCUT2D eigenvalue weighted by Crippen LogP contribution is 2.27. The first kappa shape index (κ1) is 21.8. The molecule has 0 bridgehead atoms. The number of anilines is 1. The summed E-state index contributed by atoms with van der Waals surface area (Å²) < 4.78 is 24.0. The maximum atomic E-state index is 13.3. The summed E-state index contributed by atoms with van der Waals surface area (Å²) in [5, 5.41) is 4.40. The van der Waals surface area contributed by atoms with Crippen LogP contribution in [0.2, 0.25) is 5.02 Å². The first-order valence-electron chi connectivity index (χ1n) is 9.49. The summed E-state index contributed by atoms with van der Waals surface area (Å²) in [5.74, 6) is 0.334. The molecular weight excluding hydrogens is 413 g/mol. The third kappa shape index (κ3) is 6.54. The summed E-state index contributed by atoms with van der Waals surface area (Å²) >= 11 is 11.8. The third-order valence-corrected chi connectivity index (χ3v) is 5.44. The van der Waals surface area contributed by atoms with Crippen molar-refractivity contribution in [3.8, 4) is 5.75 Å². The first-order valence-corrected chi connectivity index (χ1v) is 10.3. The van der Waals surface area contributed by atoms with E-state index >= 15 is 0 Å². The zero-order chi connectivity index (χ0) is 20.6. The van der Waals surface area contributed by atoms with Crippen LogP contribution in [0.25, 0.3) is 0 Å². The van der Waals surface area contributed by atoms with Crippen molar-refractivity contribution < 1.29 is 13.9 Å². The zero-order valence-corrected chi connectivity index (χ0v) is 17.9. The number of benzene rings is 2. The average Bonchev–Trinajstić information content (AvgIpc) is 2.74. The van der Waals surface area contributed by atoms with Crippen LogP contribution in [0.1, 0.15) is 5.56 Å². The molecule has 1 aliphatic rings. The fourth-order valence-electron chi connectivity index (χ4n) is 3.09. The predicted octanol–water partition coefficient (Wildman–Crippen LogP) is 4.02. The Kier molecular flexibility index (Phi) is 8.06. The lowest BCUT2D eigenvalue weighted by molar-refractivity contribution is 0.0358. The second kappa shape index (κ2) is 10.7. The molecule has 1 fully saturated rings. The Bertz CT molecular complexity index is 816. The number of ether oxygens (including phenoxy) is 2.